The summed E-state index contributed by atoms with van der Waals surface area (Å²) in [5.41, 5.74) is 0.778. The Morgan fingerprint density at radius 2 is 2.12 bits per heavy atom. The van der Waals surface area contributed by atoms with Gasteiger partial charge in [-0.1, -0.05) is 12.1 Å². The zero-order chi connectivity index (χ0) is 12.3. The number of rotatable bonds is 3. The summed E-state index contributed by atoms with van der Waals surface area (Å²) in [4.78, 5) is 13.8. The first-order valence-electron chi connectivity index (χ1n) is 5.80. The van der Waals surface area contributed by atoms with E-state index in [0.717, 1.165) is 13.1 Å². The monoisotopic (exact) mass is 237 g/mol. The molecule has 0 bridgehead atoms. The Kier molecular flexibility index (Phi) is 3.74. The molecule has 1 aliphatic heterocycles. The number of ether oxygens (including phenoxy) is 1. The van der Waals surface area contributed by atoms with Crippen LogP contribution in [0.1, 0.15) is 28.8 Å². The van der Waals surface area contributed by atoms with Gasteiger partial charge in [0.15, 0.2) is 0 Å². The molecule has 0 aliphatic carbocycles. The fourth-order valence-electron chi connectivity index (χ4n) is 2.21. The molecule has 1 fully saturated rings. The molecule has 0 spiro atoms. The zero-order valence-electron chi connectivity index (χ0n) is 9.91. The Morgan fingerprint density at radius 3 is 2.76 bits per heavy atom. The van der Waals surface area contributed by atoms with Gasteiger partial charge in [0, 0.05) is 6.54 Å². The van der Waals surface area contributed by atoms with E-state index >= 15 is 0 Å². The Morgan fingerprint density at radius 1 is 1.41 bits per heavy atom. The van der Waals surface area contributed by atoms with Gasteiger partial charge in [-0.2, -0.15) is 0 Å². The molecule has 0 atom stereocenters. The Hall–Kier alpha value is -1.42. The standard InChI is InChI=1S/C13H16FNO2/c1-17-13(16)12-10(5-4-6-11(12)14)9-15-7-2-3-8-15/h4-6H,2-3,7-9H2,1H3. The van der Waals surface area contributed by atoms with Gasteiger partial charge in [-0.15, -0.1) is 0 Å². The third-order valence-corrected chi connectivity index (χ3v) is 3.08. The molecule has 0 saturated carbocycles. The van der Waals surface area contributed by atoms with Gasteiger partial charge in [-0.25, -0.2) is 9.18 Å². The van der Waals surface area contributed by atoms with Crippen molar-refractivity contribution in [2.24, 2.45) is 0 Å². The number of hydrogen-bond donors (Lipinski definition) is 0. The minimum atomic E-state index is -0.600. The van der Waals surface area contributed by atoms with E-state index in [4.69, 9.17) is 0 Å². The lowest BCUT2D eigenvalue weighted by Crippen LogP contribution is -2.21. The molecule has 2 rings (SSSR count). The van der Waals surface area contributed by atoms with Crippen LogP contribution in [0.25, 0.3) is 0 Å². The predicted octanol–water partition coefficient (Wildman–Crippen LogP) is 2.21. The van der Waals surface area contributed by atoms with E-state index in [1.165, 1.54) is 26.0 Å². The van der Waals surface area contributed by atoms with Gasteiger partial charge < -0.3 is 4.74 Å². The van der Waals surface area contributed by atoms with Crippen LogP contribution >= 0.6 is 0 Å². The highest BCUT2D eigenvalue weighted by Crippen LogP contribution is 2.19. The fourth-order valence-corrected chi connectivity index (χ4v) is 2.21. The molecule has 1 aromatic carbocycles. The lowest BCUT2D eigenvalue weighted by Gasteiger charge is -2.16. The van der Waals surface area contributed by atoms with Crippen molar-refractivity contribution in [1.82, 2.24) is 4.90 Å². The SMILES string of the molecule is COC(=O)c1c(F)cccc1CN1CCCC1. The molecule has 92 valence electrons. The number of carbonyl (C=O) groups excluding carboxylic acids is 1. The second-order valence-electron chi connectivity index (χ2n) is 4.25. The lowest BCUT2D eigenvalue weighted by molar-refractivity contribution is 0.0593. The molecule has 1 heterocycles. The first kappa shape index (κ1) is 12.0. The maximum Gasteiger partial charge on any atom is 0.341 e. The Bertz CT molecular complexity index is 414. The normalized spacial score (nSPS) is 16.1. The summed E-state index contributed by atoms with van der Waals surface area (Å²) in [6.45, 7) is 2.64. The van der Waals surface area contributed by atoms with Crippen molar-refractivity contribution >= 4 is 5.97 Å². The number of hydrogen-bond acceptors (Lipinski definition) is 3. The third kappa shape index (κ3) is 2.64. The van der Waals surface area contributed by atoms with Crippen molar-refractivity contribution in [1.29, 1.82) is 0 Å². The number of nitrogens with zero attached hydrogens (tertiary/aromatic N) is 1. The molecule has 1 aromatic rings. The van der Waals surface area contributed by atoms with Gasteiger partial charge in [0.25, 0.3) is 0 Å². The third-order valence-electron chi connectivity index (χ3n) is 3.08. The van der Waals surface area contributed by atoms with Crippen molar-refractivity contribution in [2.45, 2.75) is 19.4 Å². The maximum absolute atomic E-state index is 13.6. The first-order chi connectivity index (χ1) is 8.22. The quantitative estimate of drug-likeness (QED) is 0.755. The molecular weight excluding hydrogens is 221 g/mol. The number of esters is 1. The van der Waals surface area contributed by atoms with Gasteiger partial charge in [0.05, 0.1) is 12.7 Å². The molecular formula is C13H16FNO2. The van der Waals surface area contributed by atoms with Crippen molar-refractivity contribution in [3.8, 4) is 0 Å². The van der Waals surface area contributed by atoms with E-state index in [9.17, 15) is 9.18 Å². The van der Waals surface area contributed by atoms with E-state index in [0.29, 0.717) is 12.1 Å². The van der Waals surface area contributed by atoms with Crippen LogP contribution in [0.2, 0.25) is 0 Å². The Labute approximate surface area is 100 Å². The molecule has 0 unspecified atom stereocenters. The summed E-state index contributed by atoms with van der Waals surface area (Å²) in [5.74, 6) is -1.11. The molecule has 4 heteroatoms. The summed E-state index contributed by atoms with van der Waals surface area (Å²) in [7, 11) is 1.27. The topological polar surface area (TPSA) is 29.5 Å². The van der Waals surface area contributed by atoms with E-state index < -0.39 is 11.8 Å². The van der Waals surface area contributed by atoms with Crippen LogP contribution in [0.4, 0.5) is 4.39 Å². The second-order valence-corrected chi connectivity index (χ2v) is 4.25. The zero-order valence-corrected chi connectivity index (χ0v) is 9.91. The van der Waals surface area contributed by atoms with Crippen LogP contribution < -0.4 is 0 Å². The van der Waals surface area contributed by atoms with Gasteiger partial charge in [0.1, 0.15) is 5.82 Å². The van der Waals surface area contributed by atoms with Crippen LogP contribution in [-0.2, 0) is 11.3 Å². The highest BCUT2D eigenvalue weighted by molar-refractivity contribution is 5.91. The van der Waals surface area contributed by atoms with E-state index in [-0.39, 0.29) is 5.56 Å². The minimum Gasteiger partial charge on any atom is -0.465 e. The van der Waals surface area contributed by atoms with Crippen LogP contribution in [0.3, 0.4) is 0 Å². The van der Waals surface area contributed by atoms with Gasteiger partial charge >= 0.3 is 5.97 Å². The van der Waals surface area contributed by atoms with Crippen LogP contribution in [-0.4, -0.2) is 31.1 Å². The van der Waals surface area contributed by atoms with Gasteiger partial charge in [0.2, 0.25) is 0 Å². The van der Waals surface area contributed by atoms with Crippen LogP contribution in [0, 0.1) is 5.82 Å². The highest BCUT2D eigenvalue weighted by Gasteiger charge is 2.20. The summed E-state index contributed by atoms with van der Waals surface area (Å²) in [6, 6.07) is 4.71. The molecule has 1 saturated heterocycles. The van der Waals surface area contributed by atoms with Gasteiger partial charge in [-0.3, -0.25) is 4.90 Å². The summed E-state index contributed by atoms with van der Waals surface area (Å²) >= 11 is 0. The van der Waals surface area contributed by atoms with Crippen LogP contribution in [0.15, 0.2) is 18.2 Å². The van der Waals surface area contributed by atoms with Crippen molar-refractivity contribution in [3.63, 3.8) is 0 Å². The molecule has 3 nitrogen and oxygen atoms in total. The average molecular weight is 237 g/mol. The summed E-state index contributed by atoms with van der Waals surface area (Å²) in [5, 5.41) is 0. The van der Waals surface area contributed by atoms with Crippen molar-refractivity contribution < 1.29 is 13.9 Å². The number of benzene rings is 1. The molecule has 0 N–H and O–H groups in total. The maximum atomic E-state index is 13.6. The largest absolute Gasteiger partial charge is 0.465 e. The average Bonchev–Trinajstić information content (AvgIpc) is 2.81. The fraction of sp³-hybridized carbons (Fsp3) is 0.462. The number of likely N-dealkylation sites (tertiary alicyclic amines) is 1. The Balaban J connectivity index is 2.25. The van der Waals surface area contributed by atoms with E-state index in [2.05, 4.69) is 9.64 Å². The molecule has 0 radical (unpaired) electrons. The number of halogens is 1. The summed E-state index contributed by atoms with van der Waals surface area (Å²) in [6.07, 6.45) is 2.34. The smallest absolute Gasteiger partial charge is 0.341 e. The van der Waals surface area contributed by atoms with E-state index in [1.54, 1.807) is 12.1 Å². The predicted molar refractivity (Wildman–Crippen MR) is 62.3 cm³/mol. The number of methoxy groups -OCH3 is 1. The minimum absolute atomic E-state index is 0.0712. The molecule has 17 heavy (non-hydrogen) atoms. The highest BCUT2D eigenvalue weighted by atomic mass is 19.1. The lowest BCUT2D eigenvalue weighted by atomic mass is 10.1. The van der Waals surface area contributed by atoms with E-state index in [1.807, 2.05) is 0 Å². The van der Waals surface area contributed by atoms with Crippen LogP contribution in [0.5, 0.6) is 0 Å². The second kappa shape index (κ2) is 5.27. The van der Waals surface area contributed by atoms with Gasteiger partial charge in [-0.05, 0) is 37.6 Å². The molecule has 1 aliphatic rings. The van der Waals surface area contributed by atoms with Crippen molar-refractivity contribution in [3.05, 3.63) is 35.1 Å². The molecule has 0 amide bonds. The summed E-state index contributed by atoms with van der Waals surface area (Å²) < 4.78 is 18.3. The van der Waals surface area contributed by atoms with Crippen molar-refractivity contribution in [2.75, 3.05) is 20.2 Å². The number of carbonyl (C=O) groups is 1. The molecule has 0 aromatic heterocycles. The first-order valence-corrected chi connectivity index (χ1v) is 5.80.